The Morgan fingerprint density at radius 1 is 1.19 bits per heavy atom. The largest absolute Gasteiger partial charge is 0.497 e. The third-order valence-electron chi connectivity index (χ3n) is 4.31. The molecule has 0 saturated heterocycles. The lowest BCUT2D eigenvalue weighted by Gasteiger charge is -2.32. The minimum absolute atomic E-state index is 0.167. The number of amidine groups is 1. The number of hydrogen-bond donors (Lipinski definition) is 1. The Kier molecular flexibility index (Phi) is 4.68. The van der Waals surface area contributed by atoms with Crippen molar-refractivity contribution in [2.24, 2.45) is 10.1 Å². The summed E-state index contributed by atoms with van der Waals surface area (Å²) in [4.78, 5) is 17.5. The third-order valence-corrected chi connectivity index (χ3v) is 4.88. The van der Waals surface area contributed by atoms with Gasteiger partial charge >= 0.3 is 0 Å². The van der Waals surface area contributed by atoms with Crippen LogP contribution >= 0.6 is 11.8 Å². The second-order valence-electron chi connectivity index (χ2n) is 5.95. The van der Waals surface area contributed by atoms with Crippen LogP contribution in [-0.2, 0) is 4.79 Å². The number of nitrogens with zero attached hydrogens (tertiary/aromatic N) is 3. The molecule has 0 spiro atoms. The van der Waals surface area contributed by atoms with E-state index in [2.05, 4.69) is 10.4 Å². The first kappa shape index (κ1) is 17.4. The van der Waals surface area contributed by atoms with E-state index in [1.807, 2.05) is 66.9 Å². The van der Waals surface area contributed by atoms with E-state index in [0.29, 0.717) is 10.9 Å². The minimum atomic E-state index is -0.398. The number of thioether (sulfide) groups is 1. The van der Waals surface area contributed by atoms with Crippen LogP contribution in [0.2, 0.25) is 0 Å². The topological polar surface area (TPSA) is 66.3 Å². The Bertz CT molecular complexity index is 1060. The van der Waals surface area contributed by atoms with Crippen LogP contribution in [0.3, 0.4) is 0 Å². The highest BCUT2D eigenvalue weighted by Crippen LogP contribution is 2.21. The van der Waals surface area contributed by atoms with Crippen LogP contribution in [-0.4, -0.2) is 35.6 Å². The number of fused-ring (bicyclic) bond motifs is 2. The zero-order chi connectivity index (χ0) is 18.8. The Morgan fingerprint density at radius 3 is 2.70 bits per heavy atom. The highest BCUT2D eigenvalue weighted by molar-refractivity contribution is 8.13. The van der Waals surface area contributed by atoms with Gasteiger partial charge in [0.25, 0.3) is 5.91 Å². The predicted octanol–water partition coefficient (Wildman–Crippen LogP) is 1.54. The normalized spacial score (nSPS) is 18.4. The Morgan fingerprint density at radius 2 is 1.96 bits per heavy atom. The Hall–Kier alpha value is -3.06. The van der Waals surface area contributed by atoms with Crippen LogP contribution < -0.4 is 20.6 Å². The summed E-state index contributed by atoms with van der Waals surface area (Å²) in [6.45, 7) is 0. The number of hydrazone groups is 1. The summed E-state index contributed by atoms with van der Waals surface area (Å²) in [6, 6.07) is 15.4. The highest BCUT2D eigenvalue weighted by atomic mass is 32.2. The summed E-state index contributed by atoms with van der Waals surface area (Å²) in [7, 11) is 1.64. The SMILES string of the molecule is COc1ccc(/C=C/[C@H]2N=c3ccccc3=C3C(=O)NC(SC)=NN32)cc1. The summed E-state index contributed by atoms with van der Waals surface area (Å²) in [5.74, 6) is 0.639. The van der Waals surface area contributed by atoms with Gasteiger partial charge in [-0.1, -0.05) is 48.2 Å². The molecule has 4 rings (SSSR count). The molecular formula is C20H18N4O2S. The molecule has 2 heterocycles. The second kappa shape index (κ2) is 7.28. The van der Waals surface area contributed by atoms with Crippen molar-refractivity contribution in [3.05, 3.63) is 70.7 Å². The van der Waals surface area contributed by atoms with Crippen LogP contribution in [0.5, 0.6) is 5.75 Å². The average Bonchev–Trinajstić information content (AvgIpc) is 2.72. The van der Waals surface area contributed by atoms with Gasteiger partial charge in [-0.15, -0.1) is 5.10 Å². The van der Waals surface area contributed by atoms with Crippen molar-refractivity contribution in [2.45, 2.75) is 6.17 Å². The van der Waals surface area contributed by atoms with E-state index in [1.165, 1.54) is 11.8 Å². The van der Waals surface area contributed by atoms with Gasteiger partial charge in [-0.25, -0.2) is 5.01 Å². The smallest absolute Gasteiger partial charge is 0.276 e. The van der Waals surface area contributed by atoms with Crippen LogP contribution in [0.25, 0.3) is 11.8 Å². The number of ether oxygens (including phenoxy) is 1. The van der Waals surface area contributed by atoms with Gasteiger partial charge in [0.15, 0.2) is 11.3 Å². The number of carbonyl (C=O) groups is 1. The number of benzene rings is 2. The summed E-state index contributed by atoms with van der Waals surface area (Å²) in [5, 5.41) is 11.2. The average molecular weight is 378 g/mol. The van der Waals surface area contributed by atoms with Crippen LogP contribution in [0.1, 0.15) is 5.56 Å². The van der Waals surface area contributed by atoms with Crippen molar-refractivity contribution in [3.63, 3.8) is 0 Å². The molecule has 0 bridgehead atoms. The van der Waals surface area contributed by atoms with Gasteiger partial charge in [0.2, 0.25) is 0 Å². The van der Waals surface area contributed by atoms with Crippen LogP contribution in [0, 0.1) is 0 Å². The fourth-order valence-electron chi connectivity index (χ4n) is 2.98. The standard InChI is InChI=1S/C20H18N4O2S/c1-26-14-10-7-13(8-11-14)9-12-17-21-16-6-4-3-5-15(16)18-19(25)22-20(27-2)23-24(17)18/h3-12,17H,1-2H3,(H,22,23,25)/b12-9+/t17-/m0/s1. The summed E-state index contributed by atoms with van der Waals surface area (Å²) in [5.41, 5.74) is 1.53. The van der Waals surface area contributed by atoms with Crippen molar-refractivity contribution in [1.29, 1.82) is 0 Å². The van der Waals surface area contributed by atoms with E-state index in [-0.39, 0.29) is 5.91 Å². The first-order valence-corrected chi connectivity index (χ1v) is 9.64. The van der Waals surface area contributed by atoms with Crippen molar-refractivity contribution in [1.82, 2.24) is 10.3 Å². The second-order valence-corrected chi connectivity index (χ2v) is 6.74. The monoisotopic (exact) mass is 378 g/mol. The maximum atomic E-state index is 12.7. The van der Waals surface area contributed by atoms with Gasteiger partial charge in [-0.3, -0.25) is 15.1 Å². The number of rotatable bonds is 3. The summed E-state index contributed by atoms with van der Waals surface area (Å²) < 4.78 is 5.19. The van der Waals surface area contributed by atoms with E-state index in [1.54, 1.807) is 12.1 Å². The molecule has 0 saturated carbocycles. The highest BCUT2D eigenvalue weighted by Gasteiger charge is 2.31. The molecule has 1 N–H and O–H groups in total. The Labute approximate surface area is 160 Å². The molecule has 1 amide bonds. The molecule has 2 aromatic carbocycles. The van der Waals surface area contributed by atoms with Crippen molar-refractivity contribution in [3.8, 4) is 5.75 Å². The van der Waals surface area contributed by atoms with Gasteiger partial charge in [0.1, 0.15) is 11.4 Å². The molecule has 136 valence electrons. The summed E-state index contributed by atoms with van der Waals surface area (Å²) >= 11 is 1.39. The number of nitrogens with one attached hydrogen (secondary N) is 1. The molecule has 1 atom stereocenters. The molecule has 2 aliphatic heterocycles. The number of methoxy groups -OCH3 is 1. The fourth-order valence-corrected chi connectivity index (χ4v) is 3.35. The van der Waals surface area contributed by atoms with Gasteiger partial charge in [0, 0.05) is 5.22 Å². The molecule has 0 fully saturated rings. The Balaban J connectivity index is 1.77. The first-order chi connectivity index (χ1) is 13.2. The molecule has 2 aromatic rings. The van der Waals surface area contributed by atoms with Gasteiger partial charge in [-0.2, -0.15) is 0 Å². The van der Waals surface area contributed by atoms with Crippen molar-refractivity contribution in [2.75, 3.05) is 13.4 Å². The van der Waals surface area contributed by atoms with Crippen LogP contribution in [0.4, 0.5) is 0 Å². The van der Waals surface area contributed by atoms with Gasteiger partial charge < -0.3 is 4.74 Å². The molecular weight excluding hydrogens is 360 g/mol. The molecule has 0 unspecified atom stereocenters. The van der Waals surface area contributed by atoms with Crippen molar-refractivity contribution < 1.29 is 9.53 Å². The summed E-state index contributed by atoms with van der Waals surface area (Å²) in [6.07, 6.45) is 5.39. The van der Waals surface area contributed by atoms with Gasteiger partial charge in [-0.05, 0) is 36.1 Å². The number of carbonyl (C=O) groups excluding carboxylic acids is 1. The van der Waals surface area contributed by atoms with Crippen LogP contribution in [0.15, 0.2) is 64.7 Å². The van der Waals surface area contributed by atoms with E-state index in [4.69, 9.17) is 9.73 Å². The van der Waals surface area contributed by atoms with E-state index >= 15 is 0 Å². The van der Waals surface area contributed by atoms with Gasteiger partial charge in [0.05, 0.1) is 12.5 Å². The maximum absolute atomic E-state index is 12.7. The minimum Gasteiger partial charge on any atom is -0.497 e. The molecule has 27 heavy (non-hydrogen) atoms. The van der Waals surface area contributed by atoms with Crippen molar-refractivity contribution >= 4 is 34.6 Å². The van der Waals surface area contributed by atoms with E-state index in [9.17, 15) is 4.79 Å². The fraction of sp³-hybridized carbons (Fsp3) is 0.150. The molecule has 6 nitrogen and oxygen atoms in total. The molecule has 0 aliphatic carbocycles. The lowest BCUT2D eigenvalue weighted by molar-refractivity contribution is -0.116. The molecule has 7 heteroatoms. The third kappa shape index (κ3) is 3.33. The van der Waals surface area contributed by atoms with E-state index in [0.717, 1.165) is 21.9 Å². The lowest BCUT2D eigenvalue weighted by Crippen LogP contribution is -2.52. The number of amides is 1. The molecule has 0 aromatic heterocycles. The van der Waals surface area contributed by atoms with E-state index < -0.39 is 6.17 Å². The molecule has 0 radical (unpaired) electrons. The zero-order valence-corrected chi connectivity index (χ0v) is 15.7. The molecule has 2 aliphatic rings. The first-order valence-electron chi connectivity index (χ1n) is 8.42. The number of para-hydroxylation sites is 1. The number of hydrogen-bond acceptors (Lipinski definition) is 6. The predicted molar refractivity (Wildman–Crippen MR) is 107 cm³/mol. The quantitative estimate of drug-likeness (QED) is 0.880. The zero-order valence-electron chi connectivity index (χ0n) is 14.9. The maximum Gasteiger partial charge on any atom is 0.276 e. The lowest BCUT2D eigenvalue weighted by atomic mass is 10.1.